The van der Waals surface area contributed by atoms with Crippen LogP contribution in [0.15, 0.2) is 85.2 Å². The van der Waals surface area contributed by atoms with Crippen molar-refractivity contribution in [3.05, 3.63) is 96.4 Å². The van der Waals surface area contributed by atoms with Gasteiger partial charge in [-0.15, -0.1) is 0 Å². The summed E-state index contributed by atoms with van der Waals surface area (Å²) >= 11 is 0. The summed E-state index contributed by atoms with van der Waals surface area (Å²) in [6.07, 6.45) is 3.37. The molecular formula is C25H27N3O2. The molecule has 1 N–H and O–H groups in total. The highest BCUT2D eigenvalue weighted by Crippen LogP contribution is 2.17. The number of fused-ring (bicyclic) bond motifs is 1. The molecular weight excluding hydrogens is 374 g/mol. The van der Waals surface area contributed by atoms with Gasteiger partial charge in [0.2, 0.25) is 0 Å². The molecule has 2 aromatic heterocycles. The summed E-state index contributed by atoms with van der Waals surface area (Å²) in [6.45, 7) is 2.41. The lowest BCUT2D eigenvalue weighted by molar-refractivity contribution is 0.108. The molecule has 154 valence electrons. The number of likely N-dealkylation sites (N-methyl/N-ethyl adjacent to an activating group) is 1. The van der Waals surface area contributed by atoms with Gasteiger partial charge in [0, 0.05) is 37.5 Å². The lowest BCUT2D eigenvalue weighted by Gasteiger charge is -2.21. The lowest BCUT2D eigenvalue weighted by atomic mass is 10.2. The molecule has 0 aliphatic rings. The molecule has 0 saturated carbocycles. The molecule has 2 heterocycles. The van der Waals surface area contributed by atoms with Crippen LogP contribution in [0.4, 0.5) is 0 Å². The number of aromatic nitrogens is 2. The molecule has 1 atom stereocenters. The molecule has 4 rings (SSSR count). The van der Waals surface area contributed by atoms with Gasteiger partial charge >= 0.3 is 0 Å². The first kappa shape index (κ1) is 20.1. The van der Waals surface area contributed by atoms with Crippen LogP contribution < -0.4 is 4.74 Å². The third-order valence-corrected chi connectivity index (χ3v) is 5.10. The molecule has 0 radical (unpaired) electrons. The molecule has 2 aromatic carbocycles. The molecule has 0 saturated heterocycles. The molecule has 30 heavy (non-hydrogen) atoms. The van der Waals surface area contributed by atoms with Gasteiger partial charge in [0.1, 0.15) is 12.4 Å². The minimum atomic E-state index is -0.438. The van der Waals surface area contributed by atoms with E-state index in [0.29, 0.717) is 19.7 Å². The zero-order valence-corrected chi connectivity index (χ0v) is 17.2. The maximum Gasteiger partial charge on any atom is 0.130 e. The normalized spacial score (nSPS) is 12.4. The van der Waals surface area contributed by atoms with E-state index in [1.54, 1.807) is 6.20 Å². The highest BCUT2D eigenvalue weighted by molar-refractivity contribution is 5.79. The van der Waals surface area contributed by atoms with Crippen molar-refractivity contribution in [1.82, 2.24) is 14.5 Å². The Balaban J connectivity index is 1.26. The maximum absolute atomic E-state index is 10.6. The Kier molecular flexibility index (Phi) is 6.42. The minimum Gasteiger partial charge on any atom is -0.487 e. The fourth-order valence-electron chi connectivity index (χ4n) is 3.65. The predicted molar refractivity (Wildman–Crippen MR) is 119 cm³/mol. The van der Waals surface area contributed by atoms with Gasteiger partial charge in [-0.3, -0.25) is 9.88 Å². The summed E-state index contributed by atoms with van der Waals surface area (Å²) in [5.74, 6) is 0.826. The van der Waals surface area contributed by atoms with E-state index < -0.39 is 6.10 Å². The zero-order chi connectivity index (χ0) is 20.8. The molecule has 4 aromatic rings. The average Bonchev–Trinajstić information content (AvgIpc) is 3.16. The summed E-state index contributed by atoms with van der Waals surface area (Å²) in [4.78, 5) is 6.40. The van der Waals surface area contributed by atoms with Gasteiger partial charge in [0.25, 0.3) is 0 Å². The second-order valence-corrected chi connectivity index (χ2v) is 7.63. The molecule has 0 bridgehead atoms. The van der Waals surface area contributed by atoms with Gasteiger partial charge in [-0.05, 0) is 54.4 Å². The van der Waals surface area contributed by atoms with Gasteiger partial charge in [0.15, 0.2) is 0 Å². The largest absolute Gasteiger partial charge is 0.487 e. The van der Waals surface area contributed by atoms with Gasteiger partial charge in [-0.25, -0.2) is 0 Å². The van der Waals surface area contributed by atoms with E-state index >= 15 is 0 Å². The Morgan fingerprint density at radius 3 is 2.60 bits per heavy atom. The van der Waals surface area contributed by atoms with E-state index in [1.807, 2.05) is 55.7 Å². The van der Waals surface area contributed by atoms with Crippen LogP contribution in [-0.4, -0.2) is 39.3 Å². The average molecular weight is 402 g/mol. The Labute approximate surface area is 177 Å². The number of aliphatic hydroxyl groups is 1. The fourth-order valence-corrected chi connectivity index (χ4v) is 3.65. The molecule has 0 spiro atoms. The minimum absolute atomic E-state index is 0.438. The highest BCUT2D eigenvalue weighted by Gasteiger charge is 2.11. The van der Waals surface area contributed by atoms with Crippen LogP contribution >= 0.6 is 0 Å². The standard InChI is InChI=1S/C25H27N3O2/c1-27(17-23(29)18-28-15-13-21-6-2-3-8-25(21)28)16-20-9-11-24(12-10-20)30-19-22-7-4-5-14-26-22/h2-15,23,29H,16-19H2,1H3/t23-/m0/s1. The van der Waals surface area contributed by atoms with Crippen LogP contribution in [-0.2, 0) is 19.7 Å². The monoisotopic (exact) mass is 401 g/mol. The number of ether oxygens (including phenoxy) is 1. The second-order valence-electron chi connectivity index (χ2n) is 7.63. The predicted octanol–water partition coefficient (Wildman–Crippen LogP) is 4.11. The third-order valence-electron chi connectivity index (χ3n) is 5.10. The highest BCUT2D eigenvalue weighted by atomic mass is 16.5. The number of pyridine rings is 1. The van der Waals surface area contributed by atoms with E-state index in [9.17, 15) is 5.11 Å². The van der Waals surface area contributed by atoms with Crippen molar-refractivity contribution in [3.8, 4) is 5.75 Å². The molecule has 5 heteroatoms. The van der Waals surface area contributed by atoms with E-state index in [4.69, 9.17) is 4.74 Å². The van der Waals surface area contributed by atoms with Crippen molar-refractivity contribution in [3.63, 3.8) is 0 Å². The first-order chi connectivity index (χ1) is 14.7. The summed E-state index contributed by atoms with van der Waals surface area (Å²) in [5, 5.41) is 11.8. The van der Waals surface area contributed by atoms with E-state index in [2.05, 4.69) is 44.8 Å². The first-order valence-corrected chi connectivity index (χ1v) is 10.2. The number of hydrogen-bond acceptors (Lipinski definition) is 4. The summed E-state index contributed by atoms with van der Waals surface area (Å²) in [7, 11) is 2.03. The number of nitrogens with zero attached hydrogens (tertiary/aromatic N) is 3. The van der Waals surface area contributed by atoms with Gasteiger partial charge < -0.3 is 14.4 Å². The Morgan fingerprint density at radius 2 is 1.80 bits per heavy atom. The fraction of sp³-hybridized carbons (Fsp3) is 0.240. The van der Waals surface area contributed by atoms with Crippen LogP contribution in [0.2, 0.25) is 0 Å². The van der Waals surface area contributed by atoms with Crippen LogP contribution in [0.3, 0.4) is 0 Å². The third kappa shape index (κ3) is 5.26. The quantitative estimate of drug-likeness (QED) is 0.459. The second kappa shape index (κ2) is 9.57. The molecule has 0 aliphatic carbocycles. The van der Waals surface area contributed by atoms with Crippen molar-refractivity contribution in [2.75, 3.05) is 13.6 Å². The number of hydrogen-bond donors (Lipinski definition) is 1. The summed E-state index contributed by atoms with van der Waals surface area (Å²) in [6, 6.07) is 24.2. The van der Waals surface area contributed by atoms with Gasteiger partial charge in [-0.1, -0.05) is 36.4 Å². The molecule has 0 aliphatic heterocycles. The van der Waals surface area contributed by atoms with Crippen molar-refractivity contribution in [2.24, 2.45) is 0 Å². The SMILES string of the molecule is CN(Cc1ccc(OCc2ccccn2)cc1)C[C@H](O)Cn1ccc2ccccc21. The maximum atomic E-state index is 10.6. The van der Waals surface area contributed by atoms with Crippen LogP contribution in [0.1, 0.15) is 11.3 Å². The van der Waals surface area contributed by atoms with Crippen molar-refractivity contribution >= 4 is 10.9 Å². The van der Waals surface area contributed by atoms with E-state index in [1.165, 1.54) is 10.9 Å². The van der Waals surface area contributed by atoms with E-state index in [-0.39, 0.29) is 0 Å². The topological polar surface area (TPSA) is 50.5 Å². The van der Waals surface area contributed by atoms with Crippen molar-refractivity contribution in [1.29, 1.82) is 0 Å². The van der Waals surface area contributed by atoms with Crippen LogP contribution in [0.25, 0.3) is 10.9 Å². The number of benzene rings is 2. The Bertz CT molecular complexity index is 1060. The van der Waals surface area contributed by atoms with Crippen LogP contribution in [0, 0.1) is 0 Å². The Hall–Kier alpha value is -3.15. The lowest BCUT2D eigenvalue weighted by Crippen LogP contribution is -2.31. The molecule has 0 fully saturated rings. The number of para-hydroxylation sites is 1. The summed E-state index contributed by atoms with van der Waals surface area (Å²) in [5.41, 5.74) is 3.24. The van der Waals surface area contributed by atoms with Gasteiger partial charge in [-0.2, -0.15) is 0 Å². The van der Waals surface area contributed by atoms with Gasteiger partial charge in [0.05, 0.1) is 11.8 Å². The molecule has 0 unspecified atom stereocenters. The zero-order valence-electron chi connectivity index (χ0n) is 17.2. The Morgan fingerprint density at radius 1 is 1.00 bits per heavy atom. The van der Waals surface area contributed by atoms with E-state index in [0.717, 1.165) is 23.5 Å². The van der Waals surface area contributed by atoms with Crippen molar-refractivity contribution in [2.45, 2.75) is 25.8 Å². The first-order valence-electron chi connectivity index (χ1n) is 10.2. The number of aliphatic hydroxyl groups excluding tert-OH is 1. The summed E-state index contributed by atoms with van der Waals surface area (Å²) < 4.78 is 7.90. The van der Waals surface area contributed by atoms with Crippen molar-refractivity contribution < 1.29 is 9.84 Å². The number of rotatable bonds is 9. The molecule has 5 nitrogen and oxygen atoms in total. The smallest absolute Gasteiger partial charge is 0.130 e. The molecule has 0 amide bonds. The van der Waals surface area contributed by atoms with Crippen LogP contribution in [0.5, 0.6) is 5.75 Å².